The molecule has 2 aromatic carbocycles. The van der Waals surface area contributed by atoms with Crippen LogP contribution in [0.4, 0.5) is 4.39 Å². The molecule has 1 aromatic heterocycles. The van der Waals surface area contributed by atoms with Crippen LogP contribution in [-0.2, 0) is 25.2 Å². The molecule has 2 heterocycles. The van der Waals surface area contributed by atoms with Crippen molar-refractivity contribution in [1.29, 1.82) is 0 Å². The number of ether oxygens (including phenoxy) is 1. The molecule has 3 aromatic rings. The largest absolute Gasteiger partial charge is 0.497 e. The lowest BCUT2D eigenvalue weighted by atomic mass is 9.97. The monoisotopic (exact) mass is 392 g/mol. The Balaban J connectivity index is 1.55. The highest BCUT2D eigenvalue weighted by Gasteiger charge is 2.35. The summed E-state index contributed by atoms with van der Waals surface area (Å²) >= 11 is 0. The van der Waals surface area contributed by atoms with E-state index >= 15 is 4.39 Å². The van der Waals surface area contributed by atoms with Crippen LogP contribution in [0, 0.1) is 6.92 Å². The van der Waals surface area contributed by atoms with E-state index in [9.17, 15) is 0 Å². The lowest BCUT2D eigenvalue weighted by Crippen LogP contribution is -2.33. The summed E-state index contributed by atoms with van der Waals surface area (Å²) in [6.45, 7) is 6.25. The fourth-order valence-electron chi connectivity index (χ4n) is 4.84. The van der Waals surface area contributed by atoms with Gasteiger partial charge >= 0.3 is 0 Å². The van der Waals surface area contributed by atoms with Crippen molar-refractivity contribution in [3.05, 3.63) is 64.8 Å². The second-order valence-electron chi connectivity index (χ2n) is 8.91. The van der Waals surface area contributed by atoms with E-state index < -0.39 is 5.67 Å². The molecule has 5 rings (SSSR count). The van der Waals surface area contributed by atoms with E-state index in [2.05, 4.69) is 34.6 Å². The first-order chi connectivity index (χ1) is 14.0. The Morgan fingerprint density at radius 1 is 1.14 bits per heavy atom. The van der Waals surface area contributed by atoms with E-state index in [1.807, 2.05) is 24.3 Å². The second-order valence-corrected chi connectivity index (χ2v) is 8.91. The smallest absolute Gasteiger partial charge is 0.151 e. The Kier molecular flexibility index (Phi) is 4.43. The van der Waals surface area contributed by atoms with Gasteiger partial charge in [0.25, 0.3) is 0 Å². The Hall–Kier alpha value is -2.33. The van der Waals surface area contributed by atoms with Gasteiger partial charge in [-0.2, -0.15) is 0 Å². The Labute approximate surface area is 172 Å². The minimum Gasteiger partial charge on any atom is -0.497 e. The van der Waals surface area contributed by atoms with Gasteiger partial charge in [-0.1, -0.05) is 23.8 Å². The van der Waals surface area contributed by atoms with Gasteiger partial charge in [-0.3, -0.25) is 4.90 Å². The molecule has 1 unspecified atom stereocenters. The highest BCUT2D eigenvalue weighted by atomic mass is 19.1. The van der Waals surface area contributed by atoms with Crippen LogP contribution < -0.4 is 4.74 Å². The van der Waals surface area contributed by atoms with Crippen molar-refractivity contribution in [3.8, 4) is 5.75 Å². The molecule has 1 aliphatic carbocycles. The van der Waals surface area contributed by atoms with Gasteiger partial charge in [-0.15, -0.1) is 0 Å². The first-order valence-corrected chi connectivity index (χ1v) is 10.6. The zero-order valence-corrected chi connectivity index (χ0v) is 17.5. The van der Waals surface area contributed by atoms with Gasteiger partial charge < -0.3 is 9.30 Å². The molecule has 0 N–H and O–H groups in total. The van der Waals surface area contributed by atoms with Crippen LogP contribution in [-0.4, -0.2) is 29.2 Å². The lowest BCUT2D eigenvalue weighted by molar-refractivity contribution is 0.160. The molecule has 0 radical (unpaired) electrons. The summed E-state index contributed by atoms with van der Waals surface area (Å²) in [7, 11) is 1.63. The number of alkyl halides is 1. The normalized spacial score (nSPS) is 19.2. The maximum Gasteiger partial charge on any atom is 0.151 e. The lowest BCUT2D eigenvalue weighted by Gasteiger charge is -2.29. The van der Waals surface area contributed by atoms with Crippen LogP contribution in [0.3, 0.4) is 0 Å². The molecule has 29 heavy (non-hydrogen) atoms. The summed E-state index contributed by atoms with van der Waals surface area (Å²) in [5, 5.41) is 1.30. The van der Waals surface area contributed by atoms with Crippen molar-refractivity contribution in [2.24, 2.45) is 0 Å². The van der Waals surface area contributed by atoms with E-state index in [1.165, 1.54) is 35.0 Å². The van der Waals surface area contributed by atoms with Gasteiger partial charge in [0.15, 0.2) is 5.67 Å². The zero-order chi connectivity index (χ0) is 20.2. The Morgan fingerprint density at radius 2 is 1.90 bits per heavy atom. The minimum absolute atomic E-state index is 0.331. The molecule has 1 atom stereocenters. The SMILES string of the molecule is COc1ccc(C(C)(F)Cn2c3c(c4cc(C)ccc42)CN(C2CC2)CC3)cc1. The molecule has 0 bridgehead atoms. The van der Waals surface area contributed by atoms with Crippen LogP contribution in [0.15, 0.2) is 42.5 Å². The van der Waals surface area contributed by atoms with Crippen LogP contribution in [0.2, 0.25) is 0 Å². The maximum atomic E-state index is 15.9. The number of fused-ring (bicyclic) bond motifs is 3. The standard InChI is InChI=1S/C25H29FN2O/c1-17-4-11-23-21(14-17)22-15-27(19-7-8-19)13-12-24(22)28(23)16-25(2,26)18-5-9-20(29-3)10-6-18/h4-6,9-11,14,19H,7-8,12-13,15-16H2,1-3H3. The molecule has 3 nitrogen and oxygen atoms in total. The van der Waals surface area contributed by atoms with Gasteiger partial charge in [0.2, 0.25) is 0 Å². The zero-order valence-electron chi connectivity index (χ0n) is 17.5. The Bertz CT molecular complexity index is 1050. The third-order valence-corrected chi connectivity index (χ3v) is 6.65. The molecular weight excluding hydrogens is 363 g/mol. The van der Waals surface area contributed by atoms with E-state index in [-0.39, 0.29) is 0 Å². The average molecular weight is 393 g/mol. The van der Waals surface area contributed by atoms with Gasteiger partial charge in [-0.05, 0) is 62.1 Å². The highest BCUT2D eigenvalue weighted by Crippen LogP contribution is 2.39. The van der Waals surface area contributed by atoms with Crippen molar-refractivity contribution in [3.63, 3.8) is 0 Å². The molecule has 0 saturated heterocycles. The van der Waals surface area contributed by atoms with E-state index in [4.69, 9.17) is 4.74 Å². The summed E-state index contributed by atoms with van der Waals surface area (Å²) in [5.41, 5.74) is 4.39. The summed E-state index contributed by atoms with van der Waals surface area (Å²) in [6.07, 6.45) is 3.65. The van der Waals surface area contributed by atoms with Crippen molar-refractivity contribution in [1.82, 2.24) is 9.47 Å². The predicted molar refractivity (Wildman–Crippen MR) is 115 cm³/mol. The van der Waals surface area contributed by atoms with Crippen LogP contribution in [0.1, 0.15) is 42.1 Å². The number of nitrogens with zero attached hydrogens (tertiary/aromatic N) is 2. The van der Waals surface area contributed by atoms with Crippen molar-refractivity contribution < 1.29 is 9.13 Å². The van der Waals surface area contributed by atoms with E-state index in [1.54, 1.807) is 14.0 Å². The van der Waals surface area contributed by atoms with Gasteiger partial charge in [-0.25, -0.2) is 4.39 Å². The number of rotatable bonds is 5. The molecular formula is C25H29FN2O. The Morgan fingerprint density at radius 3 is 2.59 bits per heavy atom. The topological polar surface area (TPSA) is 17.4 Å². The third kappa shape index (κ3) is 3.33. The summed E-state index contributed by atoms with van der Waals surface area (Å²) in [4.78, 5) is 2.62. The van der Waals surface area contributed by atoms with Crippen molar-refractivity contribution >= 4 is 10.9 Å². The summed E-state index contributed by atoms with van der Waals surface area (Å²) in [6, 6.07) is 14.7. The number of methoxy groups -OCH3 is 1. The first-order valence-electron chi connectivity index (χ1n) is 10.6. The van der Waals surface area contributed by atoms with Gasteiger partial charge in [0.05, 0.1) is 13.7 Å². The van der Waals surface area contributed by atoms with Crippen molar-refractivity contribution in [2.75, 3.05) is 13.7 Å². The number of hydrogen-bond donors (Lipinski definition) is 0. The fraction of sp³-hybridized carbons (Fsp3) is 0.440. The minimum atomic E-state index is -1.45. The van der Waals surface area contributed by atoms with Crippen LogP contribution >= 0.6 is 0 Å². The molecule has 0 spiro atoms. The number of aryl methyl sites for hydroxylation is 1. The van der Waals surface area contributed by atoms with Crippen LogP contribution in [0.25, 0.3) is 10.9 Å². The van der Waals surface area contributed by atoms with Crippen molar-refractivity contribution in [2.45, 2.75) is 57.9 Å². The van der Waals surface area contributed by atoms with Gasteiger partial charge in [0, 0.05) is 42.1 Å². The molecule has 0 amide bonds. The number of aromatic nitrogens is 1. The summed E-state index contributed by atoms with van der Waals surface area (Å²) < 4.78 is 23.4. The highest BCUT2D eigenvalue weighted by molar-refractivity contribution is 5.86. The van der Waals surface area contributed by atoms with E-state index in [0.29, 0.717) is 12.1 Å². The number of halogens is 1. The molecule has 2 aliphatic rings. The second kappa shape index (κ2) is 6.88. The fourth-order valence-corrected chi connectivity index (χ4v) is 4.84. The van der Waals surface area contributed by atoms with Crippen LogP contribution in [0.5, 0.6) is 5.75 Å². The quantitative estimate of drug-likeness (QED) is 0.581. The number of hydrogen-bond acceptors (Lipinski definition) is 2. The molecule has 1 saturated carbocycles. The molecule has 1 fully saturated rings. The first kappa shape index (κ1) is 18.7. The van der Waals surface area contributed by atoms with Gasteiger partial charge in [0.1, 0.15) is 5.75 Å². The predicted octanol–water partition coefficient (Wildman–Crippen LogP) is 5.36. The molecule has 152 valence electrons. The maximum absolute atomic E-state index is 15.9. The van der Waals surface area contributed by atoms with E-state index in [0.717, 1.165) is 36.8 Å². The molecule has 1 aliphatic heterocycles. The third-order valence-electron chi connectivity index (χ3n) is 6.65. The molecule has 4 heteroatoms. The summed E-state index contributed by atoms with van der Waals surface area (Å²) in [5.74, 6) is 0.754. The average Bonchev–Trinajstić information content (AvgIpc) is 3.53. The number of benzene rings is 2.